The molecule has 0 bridgehead atoms. The molecular weight excluding hydrogens is 244 g/mol. The van der Waals surface area contributed by atoms with E-state index in [0.29, 0.717) is 13.0 Å². The molecule has 0 aromatic heterocycles. The van der Waals surface area contributed by atoms with E-state index in [-0.39, 0.29) is 5.97 Å². The number of rotatable bonds is 9. The Bertz CT molecular complexity index is 137. The highest BCUT2D eigenvalue weighted by Gasteiger charge is 2.00. The molecule has 0 aliphatic heterocycles. The first-order chi connectivity index (χ1) is 6.81. The minimum atomic E-state index is -0.0349. The zero-order chi connectivity index (χ0) is 10.6. The molecule has 0 aliphatic carbocycles. The highest BCUT2D eigenvalue weighted by atomic mass is 79.9. The van der Waals surface area contributed by atoms with Crippen molar-refractivity contribution in [1.29, 1.82) is 0 Å². The third kappa shape index (κ3) is 10.0. The van der Waals surface area contributed by atoms with E-state index in [0.717, 1.165) is 24.6 Å². The Morgan fingerprint density at radius 3 is 2.43 bits per heavy atom. The lowest BCUT2D eigenvalue weighted by Crippen LogP contribution is -2.04. The molecule has 0 aromatic rings. The van der Waals surface area contributed by atoms with Crippen LogP contribution in [-0.4, -0.2) is 17.9 Å². The molecule has 0 N–H and O–H groups in total. The normalized spacial score (nSPS) is 10.1. The Hall–Kier alpha value is -0.0500. The molecule has 0 rings (SSSR count). The lowest BCUT2D eigenvalue weighted by molar-refractivity contribution is -0.143. The molecule has 0 spiro atoms. The summed E-state index contributed by atoms with van der Waals surface area (Å²) < 4.78 is 4.97. The molecule has 0 amide bonds. The van der Waals surface area contributed by atoms with Crippen LogP contribution in [0.1, 0.15) is 51.9 Å². The summed E-state index contributed by atoms with van der Waals surface area (Å²) in [7, 11) is 0. The summed E-state index contributed by atoms with van der Waals surface area (Å²) in [6, 6.07) is 0. The zero-order valence-electron chi connectivity index (χ0n) is 9.06. The van der Waals surface area contributed by atoms with E-state index in [1.165, 1.54) is 19.3 Å². The molecule has 0 radical (unpaired) electrons. The summed E-state index contributed by atoms with van der Waals surface area (Å²) in [4.78, 5) is 11.1. The van der Waals surface area contributed by atoms with Gasteiger partial charge in [0.25, 0.3) is 0 Å². The third-order valence-corrected chi connectivity index (χ3v) is 2.54. The largest absolute Gasteiger partial charge is 0.466 e. The van der Waals surface area contributed by atoms with Crippen molar-refractivity contribution in [2.75, 3.05) is 11.9 Å². The van der Waals surface area contributed by atoms with Crippen molar-refractivity contribution in [3.05, 3.63) is 0 Å². The van der Waals surface area contributed by atoms with E-state index in [9.17, 15) is 4.79 Å². The quantitative estimate of drug-likeness (QED) is 0.361. The van der Waals surface area contributed by atoms with Crippen molar-refractivity contribution >= 4 is 21.9 Å². The van der Waals surface area contributed by atoms with Gasteiger partial charge in [-0.05, 0) is 19.3 Å². The van der Waals surface area contributed by atoms with Gasteiger partial charge in [0.15, 0.2) is 0 Å². The van der Waals surface area contributed by atoms with Crippen LogP contribution >= 0.6 is 15.9 Å². The Morgan fingerprint density at radius 2 is 1.79 bits per heavy atom. The fraction of sp³-hybridized carbons (Fsp3) is 0.909. The molecule has 0 heterocycles. The molecule has 14 heavy (non-hydrogen) atoms. The molecule has 0 saturated heterocycles. The van der Waals surface area contributed by atoms with E-state index in [4.69, 9.17) is 4.74 Å². The maximum Gasteiger partial charge on any atom is 0.305 e. The van der Waals surface area contributed by atoms with Crippen LogP contribution in [0.4, 0.5) is 0 Å². The van der Waals surface area contributed by atoms with Gasteiger partial charge in [-0.2, -0.15) is 0 Å². The highest BCUT2D eigenvalue weighted by molar-refractivity contribution is 9.09. The van der Waals surface area contributed by atoms with Gasteiger partial charge in [-0.25, -0.2) is 0 Å². The van der Waals surface area contributed by atoms with E-state index < -0.39 is 0 Å². The van der Waals surface area contributed by atoms with Crippen LogP contribution in [-0.2, 0) is 9.53 Å². The number of esters is 1. The van der Waals surface area contributed by atoms with Crippen LogP contribution in [0.15, 0.2) is 0 Å². The number of hydrogen-bond acceptors (Lipinski definition) is 2. The molecule has 2 nitrogen and oxygen atoms in total. The van der Waals surface area contributed by atoms with Crippen molar-refractivity contribution < 1.29 is 9.53 Å². The summed E-state index contributed by atoms with van der Waals surface area (Å²) in [5, 5.41) is 1.09. The van der Waals surface area contributed by atoms with Gasteiger partial charge in [0.05, 0.1) is 6.61 Å². The van der Waals surface area contributed by atoms with Gasteiger partial charge in [0.1, 0.15) is 0 Å². The van der Waals surface area contributed by atoms with Crippen LogP contribution < -0.4 is 0 Å². The van der Waals surface area contributed by atoms with Gasteiger partial charge < -0.3 is 4.74 Å². The van der Waals surface area contributed by atoms with Gasteiger partial charge in [0, 0.05) is 11.8 Å². The first-order valence-corrected chi connectivity index (χ1v) is 6.65. The maximum absolute atomic E-state index is 11.1. The van der Waals surface area contributed by atoms with Gasteiger partial charge >= 0.3 is 5.97 Å². The Kier molecular flexibility index (Phi) is 11.0. The first kappa shape index (κ1) is 13.9. The summed E-state index contributed by atoms with van der Waals surface area (Å²) >= 11 is 3.40. The van der Waals surface area contributed by atoms with E-state index in [2.05, 4.69) is 15.9 Å². The van der Waals surface area contributed by atoms with E-state index >= 15 is 0 Å². The van der Waals surface area contributed by atoms with Crippen molar-refractivity contribution in [3.8, 4) is 0 Å². The second-order valence-corrected chi connectivity index (χ2v) is 4.22. The number of ether oxygens (including phenoxy) is 1. The Morgan fingerprint density at radius 1 is 1.14 bits per heavy atom. The van der Waals surface area contributed by atoms with Crippen LogP contribution in [0.25, 0.3) is 0 Å². The second-order valence-electron chi connectivity index (χ2n) is 3.43. The van der Waals surface area contributed by atoms with Gasteiger partial charge in [-0.1, -0.05) is 42.1 Å². The lowest BCUT2D eigenvalue weighted by atomic mass is 10.1. The predicted molar refractivity (Wildman–Crippen MR) is 62.7 cm³/mol. The molecule has 0 aliphatic rings. The molecule has 0 aromatic carbocycles. The minimum absolute atomic E-state index is 0.0349. The van der Waals surface area contributed by atoms with Crippen molar-refractivity contribution in [1.82, 2.24) is 0 Å². The molecule has 0 saturated carbocycles. The fourth-order valence-electron chi connectivity index (χ4n) is 1.18. The van der Waals surface area contributed by atoms with Crippen molar-refractivity contribution in [3.63, 3.8) is 0 Å². The molecular formula is C11H21BrO2. The topological polar surface area (TPSA) is 26.3 Å². The average Bonchev–Trinajstić information content (AvgIpc) is 2.20. The molecule has 0 unspecified atom stereocenters. The number of carbonyl (C=O) groups is 1. The summed E-state index contributed by atoms with van der Waals surface area (Å²) in [5.41, 5.74) is 0. The summed E-state index contributed by atoms with van der Waals surface area (Å²) in [5.74, 6) is -0.0349. The van der Waals surface area contributed by atoms with Crippen LogP contribution in [0.5, 0.6) is 0 Å². The number of unbranched alkanes of at least 4 members (excludes halogenated alkanes) is 4. The first-order valence-electron chi connectivity index (χ1n) is 5.52. The van der Waals surface area contributed by atoms with Gasteiger partial charge in [0.2, 0.25) is 0 Å². The van der Waals surface area contributed by atoms with Gasteiger partial charge in [-0.15, -0.1) is 0 Å². The second kappa shape index (κ2) is 11.0. The monoisotopic (exact) mass is 264 g/mol. The third-order valence-electron chi connectivity index (χ3n) is 1.98. The molecule has 0 fully saturated rings. The molecule has 84 valence electrons. The zero-order valence-corrected chi connectivity index (χ0v) is 10.6. The summed E-state index contributed by atoms with van der Waals surface area (Å²) in [6.45, 7) is 2.58. The number of alkyl halides is 1. The Balaban J connectivity index is 3.07. The minimum Gasteiger partial charge on any atom is -0.466 e. The highest BCUT2D eigenvalue weighted by Crippen LogP contribution is 2.07. The number of hydrogen-bond donors (Lipinski definition) is 0. The standard InChI is InChI=1S/C11H21BrO2/c1-2-10-14-11(13)8-6-4-3-5-7-9-12/h2-10H2,1H3. The van der Waals surface area contributed by atoms with E-state index in [1.54, 1.807) is 0 Å². The van der Waals surface area contributed by atoms with Gasteiger partial charge in [-0.3, -0.25) is 4.79 Å². The average molecular weight is 265 g/mol. The smallest absolute Gasteiger partial charge is 0.305 e. The maximum atomic E-state index is 11.1. The van der Waals surface area contributed by atoms with Crippen LogP contribution in [0.2, 0.25) is 0 Å². The predicted octanol–water partition coefficient (Wildman–Crippen LogP) is 3.68. The number of carbonyl (C=O) groups excluding carboxylic acids is 1. The SMILES string of the molecule is CCCOC(=O)CCCCCCCBr. The van der Waals surface area contributed by atoms with Crippen LogP contribution in [0.3, 0.4) is 0 Å². The van der Waals surface area contributed by atoms with Crippen LogP contribution in [0, 0.1) is 0 Å². The summed E-state index contributed by atoms with van der Waals surface area (Å²) in [6.07, 6.45) is 7.35. The van der Waals surface area contributed by atoms with Crippen molar-refractivity contribution in [2.45, 2.75) is 51.9 Å². The van der Waals surface area contributed by atoms with E-state index in [1.807, 2.05) is 6.92 Å². The Labute approximate surface area is 95.5 Å². The molecule has 3 heteroatoms. The molecule has 0 atom stereocenters. The lowest BCUT2D eigenvalue weighted by Gasteiger charge is -2.02. The fourth-order valence-corrected chi connectivity index (χ4v) is 1.58. The van der Waals surface area contributed by atoms with Crippen molar-refractivity contribution in [2.24, 2.45) is 0 Å². The number of halogens is 1.